The molecule has 1 aliphatic carbocycles. The van der Waals surface area contributed by atoms with Crippen LogP contribution in [0.15, 0.2) is 36.0 Å². The van der Waals surface area contributed by atoms with Crippen molar-refractivity contribution in [2.24, 2.45) is 5.41 Å². The second-order valence-electron chi connectivity index (χ2n) is 5.24. The van der Waals surface area contributed by atoms with E-state index in [0.717, 1.165) is 24.8 Å². The van der Waals surface area contributed by atoms with Gasteiger partial charge in [0.15, 0.2) is 0 Å². The van der Waals surface area contributed by atoms with Gasteiger partial charge in [-0.15, -0.1) is 0 Å². The van der Waals surface area contributed by atoms with Crippen molar-refractivity contribution in [3.05, 3.63) is 36.0 Å². The largest absolute Gasteiger partial charge is 0.392 e. The highest BCUT2D eigenvalue weighted by molar-refractivity contribution is 5.33. The molecule has 16 heavy (non-hydrogen) atoms. The van der Waals surface area contributed by atoms with Crippen LogP contribution in [-0.4, -0.2) is 11.7 Å². The molecular weight excluding hydrogens is 196 g/mol. The van der Waals surface area contributed by atoms with Gasteiger partial charge in [0.2, 0.25) is 0 Å². The van der Waals surface area contributed by atoms with Crippen molar-refractivity contribution in [2.45, 2.75) is 46.0 Å². The van der Waals surface area contributed by atoms with Crippen LogP contribution >= 0.6 is 0 Å². The zero-order valence-corrected chi connectivity index (χ0v) is 10.7. The van der Waals surface area contributed by atoms with Crippen molar-refractivity contribution in [1.29, 1.82) is 0 Å². The molecule has 0 aromatic carbocycles. The maximum atomic E-state index is 8.93. The molecule has 1 aliphatic rings. The van der Waals surface area contributed by atoms with Crippen LogP contribution in [0.1, 0.15) is 46.0 Å². The summed E-state index contributed by atoms with van der Waals surface area (Å²) in [6.07, 6.45) is 7.83. The Morgan fingerprint density at radius 3 is 2.81 bits per heavy atom. The number of hydrogen-bond acceptors (Lipinski definition) is 1. The molecule has 0 saturated heterocycles. The Hall–Kier alpha value is -0.820. The molecule has 0 radical (unpaired) electrons. The Kier molecular flexibility index (Phi) is 4.55. The molecule has 0 spiro atoms. The predicted octanol–water partition coefficient (Wildman–Crippen LogP) is 4.01. The standard InChI is InChI=1S/C15H24O/c1-12(11-16)7-5-9-15(4)10-6-8-13(2)14(15)3/h7,16H,2-3,5-6,8-11H2,1,4H3/b12-7-. The van der Waals surface area contributed by atoms with E-state index in [0.29, 0.717) is 0 Å². The Bertz CT molecular complexity index is 311. The number of rotatable bonds is 4. The summed E-state index contributed by atoms with van der Waals surface area (Å²) in [6, 6.07) is 0. The minimum atomic E-state index is 0.171. The van der Waals surface area contributed by atoms with Crippen LogP contribution in [0.5, 0.6) is 0 Å². The molecule has 1 unspecified atom stereocenters. The van der Waals surface area contributed by atoms with E-state index in [4.69, 9.17) is 5.11 Å². The lowest BCUT2D eigenvalue weighted by Crippen LogP contribution is -2.23. The molecule has 0 bridgehead atoms. The lowest BCUT2D eigenvalue weighted by Gasteiger charge is -2.37. The fourth-order valence-electron chi connectivity index (χ4n) is 2.40. The van der Waals surface area contributed by atoms with E-state index < -0.39 is 0 Å². The third-order valence-corrected chi connectivity index (χ3v) is 3.80. The Morgan fingerprint density at radius 2 is 2.19 bits per heavy atom. The first-order chi connectivity index (χ1) is 7.49. The van der Waals surface area contributed by atoms with Crippen LogP contribution in [0.2, 0.25) is 0 Å². The molecule has 1 nitrogen and oxygen atoms in total. The van der Waals surface area contributed by atoms with E-state index in [1.807, 2.05) is 6.92 Å². The van der Waals surface area contributed by atoms with Gasteiger partial charge < -0.3 is 5.11 Å². The summed E-state index contributed by atoms with van der Waals surface area (Å²) in [4.78, 5) is 0. The van der Waals surface area contributed by atoms with Gasteiger partial charge in [0.25, 0.3) is 0 Å². The van der Waals surface area contributed by atoms with Gasteiger partial charge >= 0.3 is 0 Å². The Balaban J connectivity index is 2.57. The first-order valence-electron chi connectivity index (χ1n) is 6.13. The maximum absolute atomic E-state index is 8.93. The molecule has 1 fully saturated rings. The second kappa shape index (κ2) is 5.49. The van der Waals surface area contributed by atoms with Gasteiger partial charge in [-0.1, -0.05) is 37.3 Å². The minimum Gasteiger partial charge on any atom is -0.392 e. The molecule has 90 valence electrons. The minimum absolute atomic E-state index is 0.171. The lowest BCUT2D eigenvalue weighted by atomic mass is 9.68. The zero-order valence-electron chi connectivity index (χ0n) is 10.7. The van der Waals surface area contributed by atoms with Crippen LogP contribution in [0, 0.1) is 5.41 Å². The van der Waals surface area contributed by atoms with Gasteiger partial charge in [0.1, 0.15) is 0 Å². The van der Waals surface area contributed by atoms with Crippen LogP contribution in [0.25, 0.3) is 0 Å². The molecule has 0 aromatic heterocycles. The van der Waals surface area contributed by atoms with Gasteiger partial charge in [-0.05, 0) is 50.0 Å². The summed E-state index contributed by atoms with van der Waals surface area (Å²) in [5.41, 5.74) is 3.76. The van der Waals surface area contributed by atoms with E-state index in [1.54, 1.807) is 0 Å². The van der Waals surface area contributed by atoms with E-state index in [2.05, 4.69) is 26.2 Å². The zero-order chi connectivity index (χ0) is 12.2. The van der Waals surface area contributed by atoms with E-state index in [1.165, 1.54) is 24.0 Å². The summed E-state index contributed by atoms with van der Waals surface area (Å²) in [5.74, 6) is 0. The summed E-state index contributed by atoms with van der Waals surface area (Å²) in [6.45, 7) is 12.7. The van der Waals surface area contributed by atoms with E-state index >= 15 is 0 Å². The average molecular weight is 220 g/mol. The van der Waals surface area contributed by atoms with Gasteiger partial charge in [-0.3, -0.25) is 0 Å². The summed E-state index contributed by atoms with van der Waals surface area (Å²) in [7, 11) is 0. The molecule has 0 aromatic rings. The van der Waals surface area contributed by atoms with Crippen LogP contribution in [0.3, 0.4) is 0 Å². The highest BCUT2D eigenvalue weighted by atomic mass is 16.3. The molecule has 1 N–H and O–H groups in total. The molecule has 0 aliphatic heterocycles. The topological polar surface area (TPSA) is 20.2 Å². The molecular formula is C15H24O. The number of aliphatic hydroxyl groups excluding tert-OH is 1. The lowest BCUT2D eigenvalue weighted by molar-refractivity contribution is 0.309. The van der Waals surface area contributed by atoms with Gasteiger partial charge in [0, 0.05) is 0 Å². The van der Waals surface area contributed by atoms with Crippen molar-refractivity contribution in [1.82, 2.24) is 0 Å². The number of allylic oxidation sites excluding steroid dienone is 3. The van der Waals surface area contributed by atoms with Crippen molar-refractivity contribution >= 4 is 0 Å². The van der Waals surface area contributed by atoms with Crippen molar-refractivity contribution in [2.75, 3.05) is 6.61 Å². The monoisotopic (exact) mass is 220 g/mol. The first-order valence-corrected chi connectivity index (χ1v) is 6.13. The highest BCUT2D eigenvalue weighted by Gasteiger charge is 2.31. The molecule has 0 heterocycles. The Labute approximate surface area is 99.6 Å². The van der Waals surface area contributed by atoms with Crippen molar-refractivity contribution < 1.29 is 5.11 Å². The molecule has 1 rings (SSSR count). The van der Waals surface area contributed by atoms with Gasteiger partial charge in [-0.25, -0.2) is 0 Å². The smallest absolute Gasteiger partial charge is 0.0639 e. The second-order valence-corrected chi connectivity index (χ2v) is 5.24. The van der Waals surface area contributed by atoms with Crippen molar-refractivity contribution in [3.63, 3.8) is 0 Å². The quantitative estimate of drug-likeness (QED) is 0.710. The maximum Gasteiger partial charge on any atom is 0.0639 e. The predicted molar refractivity (Wildman–Crippen MR) is 70.3 cm³/mol. The first kappa shape index (κ1) is 13.2. The fraction of sp³-hybridized carbons (Fsp3) is 0.600. The van der Waals surface area contributed by atoms with E-state index in [9.17, 15) is 0 Å². The number of aliphatic hydroxyl groups is 1. The Morgan fingerprint density at radius 1 is 1.50 bits per heavy atom. The average Bonchev–Trinajstić information content (AvgIpc) is 2.26. The summed E-state index contributed by atoms with van der Waals surface area (Å²) in [5, 5.41) is 8.93. The molecule has 1 heteroatoms. The van der Waals surface area contributed by atoms with Gasteiger partial charge in [-0.2, -0.15) is 0 Å². The van der Waals surface area contributed by atoms with Crippen LogP contribution < -0.4 is 0 Å². The normalized spacial score (nSPS) is 27.3. The third-order valence-electron chi connectivity index (χ3n) is 3.80. The molecule has 0 amide bonds. The summed E-state index contributed by atoms with van der Waals surface area (Å²) >= 11 is 0. The number of hydrogen-bond donors (Lipinski definition) is 1. The SMILES string of the molecule is C=C1CCCC(C)(CC/C=C(/C)CO)C1=C. The van der Waals surface area contributed by atoms with E-state index in [-0.39, 0.29) is 12.0 Å². The summed E-state index contributed by atoms with van der Waals surface area (Å²) < 4.78 is 0. The van der Waals surface area contributed by atoms with Crippen LogP contribution in [0.4, 0.5) is 0 Å². The fourth-order valence-corrected chi connectivity index (χ4v) is 2.40. The highest BCUT2D eigenvalue weighted by Crippen LogP contribution is 2.45. The van der Waals surface area contributed by atoms with Crippen molar-refractivity contribution in [3.8, 4) is 0 Å². The van der Waals surface area contributed by atoms with Gasteiger partial charge in [0.05, 0.1) is 6.61 Å². The van der Waals surface area contributed by atoms with Crippen LogP contribution in [-0.2, 0) is 0 Å². The third kappa shape index (κ3) is 3.08. The molecule has 1 saturated carbocycles. The molecule has 1 atom stereocenters.